The number of nitrogen functional groups attached to an aromatic ring is 2. The predicted molar refractivity (Wildman–Crippen MR) is 83.4 cm³/mol. The molecule has 0 radical (unpaired) electrons. The summed E-state index contributed by atoms with van der Waals surface area (Å²) in [5.74, 6) is 0.0463. The number of morpholine rings is 1. The molecule has 1 aliphatic rings. The van der Waals surface area contributed by atoms with Gasteiger partial charge in [0.05, 0.1) is 18.8 Å². The summed E-state index contributed by atoms with van der Waals surface area (Å²) in [4.78, 5) is 10.3. The molecule has 0 atom stereocenters. The van der Waals surface area contributed by atoms with Crippen molar-refractivity contribution in [3.8, 4) is 11.6 Å². The van der Waals surface area contributed by atoms with Crippen LogP contribution in [0.1, 0.15) is 5.56 Å². The van der Waals surface area contributed by atoms with Gasteiger partial charge in [-0.3, -0.25) is 4.90 Å². The van der Waals surface area contributed by atoms with Crippen molar-refractivity contribution in [1.82, 2.24) is 14.9 Å². The first-order chi connectivity index (χ1) is 11.1. The number of nitrogens with two attached hydrogens (primary N) is 2. The molecule has 3 rings (SSSR count). The first-order valence-corrected chi connectivity index (χ1v) is 7.26. The zero-order valence-electron chi connectivity index (χ0n) is 12.5. The van der Waals surface area contributed by atoms with E-state index in [1.807, 2.05) is 0 Å². The molecule has 0 spiro atoms. The summed E-state index contributed by atoms with van der Waals surface area (Å²) in [6.45, 7) is 3.41. The third-order valence-corrected chi connectivity index (χ3v) is 3.59. The Morgan fingerprint density at radius 2 is 2.00 bits per heavy atom. The standard InChI is InChI=1S/C15H18FN5O2/c16-12-7-10(17)1-2-13(12)23-15-11(14(18)19-9-20-15)8-21-3-5-22-6-4-21/h1-2,7,9H,3-6,8,17H2,(H2,18,19,20). The van der Waals surface area contributed by atoms with Crippen molar-refractivity contribution < 1.29 is 13.9 Å². The first kappa shape index (κ1) is 15.4. The molecule has 7 nitrogen and oxygen atoms in total. The lowest BCUT2D eigenvalue weighted by Crippen LogP contribution is -2.36. The maximum Gasteiger partial charge on any atom is 0.229 e. The van der Waals surface area contributed by atoms with Gasteiger partial charge in [-0.2, -0.15) is 0 Å². The van der Waals surface area contributed by atoms with Gasteiger partial charge in [-0.15, -0.1) is 0 Å². The van der Waals surface area contributed by atoms with E-state index in [0.29, 0.717) is 36.8 Å². The van der Waals surface area contributed by atoms with Gasteiger partial charge < -0.3 is 20.9 Å². The van der Waals surface area contributed by atoms with Gasteiger partial charge in [0, 0.05) is 31.4 Å². The van der Waals surface area contributed by atoms with Gasteiger partial charge in [0.2, 0.25) is 5.88 Å². The van der Waals surface area contributed by atoms with Gasteiger partial charge in [0.15, 0.2) is 11.6 Å². The number of halogens is 1. The molecule has 1 aromatic heterocycles. The number of nitrogens with zero attached hydrogens (tertiary/aromatic N) is 3. The van der Waals surface area contributed by atoms with Crippen LogP contribution in [0.2, 0.25) is 0 Å². The lowest BCUT2D eigenvalue weighted by molar-refractivity contribution is 0.0339. The van der Waals surface area contributed by atoms with E-state index in [1.54, 1.807) is 6.07 Å². The van der Waals surface area contributed by atoms with Gasteiger partial charge in [-0.25, -0.2) is 14.4 Å². The maximum atomic E-state index is 13.9. The number of hydrogen-bond acceptors (Lipinski definition) is 7. The van der Waals surface area contributed by atoms with Crippen LogP contribution in [-0.4, -0.2) is 41.2 Å². The third-order valence-electron chi connectivity index (χ3n) is 3.59. The van der Waals surface area contributed by atoms with Crippen LogP contribution in [0.4, 0.5) is 15.9 Å². The molecule has 2 heterocycles. The minimum Gasteiger partial charge on any atom is -0.435 e. The quantitative estimate of drug-likeness (QED) is 0.822. The van der Waals surface area contributed by atoms with Crippen molar-refractivity contribution in [2.45, 2.75) is 6.54 Å². The molecule has 0 saturated carbocycles. The van der Waals surface area contributed by atoms with Crippen molar-refractivity contribution >= 4 is 11.5 Å². The van der Waals surface area contributed by atoms with E-state index in [-0.39, 0.29) is 11.6 Å². The second-order valence-corrected chi connectivity index (χ2v) is 5.22. The van der Waals surface area contributed by atoms with Gasteiger partial charge in [-0.1, -0.05) is 0 Å². The second kappa shape index (κ2) is 6.76. The minimum absolute atomic E-state index is 0.0422. The van der Waals surface area contributed by atoms with E-state index in [9.17, 15) is 4.39 Å². The van der Waals surface area contributed by atoms with E-state index in [4.69, 9.17) is 20.9 Å². The van der Waals surface area contributed by atoms with E-state index >= 15 is 0 Å². The molecule has 1 aromatic carbocycles. The second-order valence-electron chi connectivity index (χ2n) is 5.22. The van der Waals surface area contributed by atoms with Crippen molar-refractivity contribution in [2.24, 2.45) is 0 Å². The molecule has 1 saturated heterocycles. The summed E-state index contributed by atoms with van der Waals surface area (Å²) < 4.78 is 24.8. The summed E-state index contributed by atoms with van der Waals surface area (Å²) in [5, 5.41) is 0. The average molecular weight is 319 g/mol. The monoisotopic (exact) mass is 319 g/mol. The Labute approximate surface area is 133 Å². The highest BCUT2D eigenvalue weighted by Crippen LogP contribution is 2.29. The Morgan fingerprint density at radius 3 is 2.74 bits per heavy atom. The Morgan fingerprint density at radius 1 is 1.22 bits per heavy atom. The van der Waals surface area contributed by atoms with E-state index in [2.05, 4.69) is 14.9 Å². The molecule has 8 heteroatoms. The number of benzene rings is 1. The largest absolute Gasteiger partial charge is 0.435 e. The van der Waals surface area contributed by atoms with Crippen LogP contribution in [0, 0.1) is 5.82 Å². The molecule has 122 valence electrons. The van der Waals surface area contributed by atoms with E-state index in [0.717, 1.165) is 13.1 Å². The maximum absolute atomic E-state index is 13.9. The van der Waals surface area contributed by atoms with Crippen molar-refractivity contribution in [3.05, 3.63) is 35.9 Å². The highest BCUT2D eigenvalue weighted by molar-refractivity contribution is 5.48. The Kier molecular flexibility index (Phi) is 4.54. The topological polar surface area (TPSA) is 99.5 Å². The lowest BCUT2D eigenvalue weighted by Gasteiger charge is -2.27. The molecular formula is C15H18FN5O2. The van der Waals surface area contributed by atoms with Crippen LogP contribution >= 0.6 is 0 Å². The Bertz CT molecular complexity index is 692. The Hall–Kier alpha value is -2.45. The van der Waals surface area contributed by atoms with Crippen LogP contribution in [0.3, 0.4) is 0 Å². The molecule has 0 unspecified atom stereocenters. The summed E-state index contributed by atoms with van der Waals surface area (Å²) >= 11 is 0. The summed E-state index contributed by atoms with van der Waals surface area (Å²) in [5.41, 5.74) is 12.4. The fourth-order valence-corrected chi connectivity index (χ4v) is 2.33. The number of aromatic nitrogens is 2. The predicted octanol–water partition coefficient (Wildman–Crippen LogP) is 1.40. The van der Waals surface area contributed by atoms with Crippen LogP contribution < -0.4 is 16.2 Å². The van der Waals surface area contributed by atoms with E-state index < -0.39 is 5.82 Å². The minimum atomic E-state index is -0.556. The first-order valence-electron chi connectivity index (χ1n) is 7.26. The summed E-state index contributed by atoms with van der Waals surface area (Å²) in [6.07, 6.45) is 1.29. The van der Waals surface area contributed by atoms with Gasteiger partial charge in [0.25, 0.3) is 0 Å². The van der Waals surface area contributed by atoms with Gasteiger partial charge >= 0.3 is 0 Å². The van der Waals surface area contributed by atoms with Crippen molar-refractivity contribution in [1.29, 1.82) is 0 Å². The number of rotatable bonds is 4. The smallest absolute Gasteiger partial charge is 0.229 e. The number of hydrogen-bond donors (Lipinski definition) is 2. The lowest BCUT2D eigenvalue weighted by atomic mass is 10.2. The molecule has 1 fully saturated rings. The van der Waals surface area contributed by atoms with Crippen LogP contribution in [0.5, 0.6) is 11.6 Å². The SMILES string of the molecule is Nc1ccc(Oc2ncnc(N)c2CN2CCOCC2)c(F)c1. The highest BCUT2D eigenvalue weighted by Gasteiger charge is 2.18. The molecular weight excluding hydrogens is 301 g/mol. The summed E-state index contributed by atoms with van der Waals surface area (Å²) in [6, 6.07) is 4.22. The average Bonchev–Trinajstić information content (AvgIpc) is 2.54. The molecule has 23 heavy (non-hydrogen) atoms. The van der Waals surface area contributed by atoms with Crippen LogP contribution in [0.15, 0.2) is 24.5 Å². The fourth-order valence-electron chi connectivity index (χ4n) is 2.33. The van der Waals surface area contributed by atoms with Gasteiger partial charge in [-0.05, 0) is 12.1 Å². The van der Waals surface area contributed by atoms with Crippen molar-refractivity contribution in [2.75, 3.05) is 37.8 Å². The molecule has 0 bridgehead atoms. The van der Waals surface area contributed by atoms with Crippen LogP contribution in [-0.2, 0) is 11.3 Å². The molecule has 2 aromatic rings. The molecule has 0 aliphatic carbocycles. The highest BCUT2D eigenvalue weighted by atomic mass is 19.1. The normalized spacial score (nSPS) is 15.5. The molecule has 4 N–H and O–H groups in total. The van der Waals surface area contributed by atoms with Crippen molar-refractivity contribution in [3.63, 3.8) is 0 Å². The van der Waals surface area contributed by atoms with E-state index in [1.165, 1.54) is 18.5 Å². The zero-order valence-corrected chi connectivity index (χ0v) is 12.5. The number of anilines is 2. The Balaban J connectivity index is 1.85. The van der Waals surface area contributed by atoms with Gasteiger partial charge in [0.1, 0.15) is 12.1 Å². The summed E-state index contributed by atoms with van der Waals surface area (Å²) in [7, 11) is 0. The molecule has 0 amide bonds. The fraction of sp³-hybridized carbons (Fsp3) is 0.333. The third kappa shape index (κ3) is 3.66. The number of ether oxygens (including phenoxy) is 2. The van der Waals surface area contributed by atoms with Crippen LogP contribution in [0.25, 0.3) is 0 Å². The molecule has 1 aliphatic heterocycles. The zero-order chi connectivity index (χ0) is 16.2.